The van der Waals surface area contributed by atoms with Crippen molar-refractivity contribution in [2.75, 3.05) is 35.9 Å². The molecular weight excluding hydrogens is 656 g/mol. The van der Waals surface area contributed by atoms with E-state index in [2.05, 4.69) is 20.0 Å². The number of unbranched alkanes of at least 4 members (excludes halogenated alkanes) is 1. The van der Waals surface area contributed by atoms with Crippen LogP contribution in [0.5, 0.6) is 11.5 Å². The molecule has 1 aromatic heterocycles. The fraction of sp³-hybridized carbons (Fsp3) is 0.448. The van der Waals surface area contributed by atoms with Gasteiger partial charge in [0.05, 0.1) is 18.1 Å². The van der Waals surface area contributed by atoms with E-state index in [0.717, 1.165) is 48.6 Å². The minimum absolute atomic E-state index is 0. The number of likely N-dealkylation sites (tertiary alicyclic amines) is 1. The molecule has 0 aliphatic carbocycles. The van der Waals surface area contributed by atoms with Gasteiger partial charge in [0.1, 0.15) is 11.5 Å². The Morgan fingerprint density at radius 3 is 2.16 bits per heavy atom. The first kappa shape index (κ1) is 38.0. The van der Waals surface area contributed by atoms with Gasteiger partial charge in [-0.15, -0.1) is 24.8 Å². The van der Waals surface area contributed by atoms with Gasteiger partial charge in [-0.3, -0.25) is 14.3 Å². The summed E-state index contributed by atoms with van der Waals surface area (Å²) in [7, 11) is -2.15. The highest BCUT2D eigenvalue weighted by Crippen LogP contribution is 2.34. The second-order valence-corrected chi connectivity index (χ2v) is 12.4. The van der Waals surface area contributed by atoms with E-state index in [1.165, 1.54) is 7.05 Å². The van der Waals surface area contributed by atoms with E-state index in [9.17, 15) is 26.4 Å². The highest BCUT2D eigenvalue weighted by atomic mass is 35.5. The predicted octanol–water partition coefficient (Wildman–Crippen LogP) is 6.74. The zero-order valence-electron chi connectivity index (χ0n) is 25.2. The molecular formula is C29H39Cl2F3N6O4S. The number of carbonyl (C=O) groups excluding carboxylic acids is 1. The number of piperidine rings is 1. The maximum absolute atomic E-state index is 13.5. The number of ether oxygens (including phenoxy) is 1. The molecule has 1 fully saturated rings. The highest BCUT2D eigenvalue weighted by molar-refractivity contribution is 7.92. The number of alkyl halides is 3. The number of rotatable bonds is 11. The summed E-state index contributed by atoms with van der Waals surface area (Å²) < 4.78 is 72.2. The van der Waals surface area contributed by atoms with Gasteiger partial charge in [0.25, 0.3) is 0 Å². The van der Waals surface area contributed by atoms with Gasteiger partial charge in [0.2, 0.25) is 10.0 Å². The fourth-order valence-corrected chi connectivity index (χ4v) is 5.65. The molecule has 3 aromatic rings. The zero-order valence-corrected chi connectivity index (χ0v) is 27.7. The fourth-order valence-electron chi connectivity index (χ4n) is 5.08. The summed E-state index contributed by atoms with van der Waals surface area (Å²) in [5.74, 6) is 1.22. The summed E-state index contributed by atoms with van der Waals surface area (Å²) in [6.45, 7) is 4.67. The van der Waals surface area contributed by atoms with Crippen LogP contribution in [0.25, 0.3) is 0 Å². The summed E-state index contributed by atoms with van der Waals surface area (Å²) in [5, 5.41) is 6.15. The van der Waals surface area contributed by atoms with Gasteiger partial charge in [-0.05, 0) is 61.2 Å². The van der Waals surface area contributed by atoms with Crippen molar-refractivity contribution in [1.82, 2.24) is 19.6 Å². The number of amides is 2. The quantitative estimate of drug-likeness (QED) is 0.230. The molecule has 0 unspecified atom stereocenters. The number of urea groups is 1. The number of sulfonamides is 1. The largest absolute Gasteiger partial charge is 0.457 e. The van der Waals surface area contributed by atoms with Crippen LogP contribution in [0, 0.1) is 0 Å². The summed E-state index contributed by atoms with van der Waals surface area (Å²) in [5.41, 5.74) is 0.220. The summed E-state index contributed by atoms with van der Waals surface area (Å²) in [6.07, 6.45) is 0.516. The van der Waals surface area contributed by atoms with Crippen LogP contribution in [0.2, 0.25) is 0 Å². The van der Waals surface area contributed by atoms with Crippen molar-refractivity contribution >= 4 is 52.2 Å². The number of hydrogen-bond acceptors (Lipinski definition) is 6. The Kier molecular flexibility index (Phi) is 13.8. The Balaban J connectivity index is 0.00000353. The van der Waals surface area contributed by atoms with Crippen molar-refractivity contribution < 1.29 is 31.1 Å². The van der Waals surface area contributed by atoms with Crippen LogP contribution >= 0.6 is 24.8 Å². The van der Waals surface area contributed by atoms with Crippen LogP contribution in [0.1, 0.15) is 43.9 Å². The maximum atomic E-state index is 13.5. The smallest absolute Gasteiger partial charge is 0.435 e. The standard InChI is InChI=1S/C29H37F3N6O4S.2ClH/c1-4-5-16-38(28(39)34-26-19-33-36(2)27(26)29(30,31)32)23-14-17-37(18-15-23)20-21-6-10-24(11-7-21)42-25-12-8-22(9-13-25)35-43(3,40)41;;/h6-13,19,23,35H,4-5,14-18,20H2,1-3H3,(H,34,39);2*1H. The molecule has 2 aromatic carbocycles. The van der Waals surface area contributed by atoms with Crippen LogP contribution in [0.15, 0.2) is 54.7 Å². The second kappa shape index (κ2) is 16.4. The minimum Gasteiger partial charge on any atom is -0.457 e. The molecule has 0 saturated carbocycles. The number of hydrogen-bond donors (Lipinski definition) is 2. The molecule has 0 bridgehead atoms. The first-order valence-electron chi connectivity index (χ1n) is 14.1. The lowest BCUT2D eigenvalue weighted by atomic mass is 10.0. The number of benzene rings is 2. The summed E-state index contributed by atoms with van der Waals surface area (Å²) >= 11 is 0. The van der Waals surface area contributed by atoms with Gasteiger partial charge in [0, 0.05) is 45.0 Å². The van der Waals surface area contributed by atoms with Crippen LogP contribution < -0.4 is 14.8 Å². The van der Waals surface area contributed by atoms with Crippen LogP contribution in [-0.4, -0.2) is 66.0 Å². The van der Waals surface area contributed by atoms with E-state index < -0.39 is 27.9 Å². The molecule has 45 heavy (non-hydrogen) atoms. The van der Waals surface area contributed by atoms with E-state index in [-0.39, 0.29) is 36.5 Å². The van der Waals surface area contributed by atoms with Gasteiger partial charge in [-0.25, -0.2) is 13.2 Å². The van der Waals surface area contributed by atoms with Crippen LogP contribution in [0.4, 0.5) is 29.3 Å². The Hall–Kier alpha value is -3.20. The van der Waals surface area contributed by atoms with Crippen molar-refractivity contribution in [1.29, 1.82) is 0 Å². The zero-order chi connectivity index (χ0) is 31.2. The van der Waals surface area contributed by atoms with Gasteiger partial charge < -0.3 is 15.0 Å². The van der Waals surface area contributed by atoms with E-state index >= 15 is 0 Å². The number of aromatic nitrogens is 2. The van der Waals surface area contributed by atoms with Crippen molar-refractivity contribution in [3.63, 3.8) is 0 Å². The molecule has 10 nitrogen and oxygen atoms in total. The average Bonchev–Trinajstić information content (AvgIpc) is 3.31. The molecule has 2 N–H and O–H groups in total. The molecule has 0 radical (unpaired) electrons. The number of carbonyl (C=O) groups is 1. The molecule has 1 saturated heterocycles. The first-order chi connectivity index (χ1) is 20.3. The minimum atomic E-state index is -4.64. The lowest BCUT2D eigenvalue weighted by molar-refractivity contribution is -0.143. The second-order valence-electron chi connectivity index (χ2n) is 10.7. The molecule has 0 spiro atoms. The molecule has 0 atom stereocenters. The third kappa shape index (κ3) is 11.0. The molecule has 250 valence electrons. The molecule has 2 heterocycles. The molecule has 16 heteroatoms. The van der Waals surface area contributed by atoms with Crippen LogP contribution in [0.3, 0.4) is 0 Å². The van der Waals surface area contributed by atoms with E-state index in [0.29, 0.717) is 43.1 Å². The third-order valence-electron chi connectivity index (χ3n) is 7.18. The van der Waals surface area contributed by atoms with Crippen molar-refractivity contribution in [2.45, 2.75) is 51.4 Å². The predicted molar refractivity (Wildman–Crippen MR) is 173 cm³/mol. The Morgan fingerprint density at radius 2 is 1.62 bits per heavy atom. The maximum Gasteiger partial charge on any atom is 0.435 e. The van der Waals surface area contributed by atoms with E-state index in [1.807, 2.05) is 31.2 Å². The average molecular weight is 696 g/mol. The Morgan fingerprint density at radius 1 is 1.04 bits per heavy atom. The number of nitrogens with zero attached hydrogens (tertiary/aromatic N) is 4. The number of aryl methyl sites for hydroxylation is 1. The number of nitrogens with one attached hydrogen (secondary N) is 2. The monoisotopic (exact) mass is 694 g/mol. The molecule has 2 amide bonds. The van der Waals surface area contributed by atoms with Crippen molar-refractivity contribution in [3.05, 3.63) is 66.0 Å². The lowest BCUT2D eigenvalue weighted by Gasteiger charge is -2.38. The third-order valence-corrected chi connectivity index (χ3v) is 7.79. The SMILES string of the molecule is CCCCN(C(=O)Nc1cnn(C)c1C(F)(F)F)C1CCN(Cc2ccc(Oc3ccc(NS(C)(=O)=O)cc3)cc2)CC1.Cl.Cl. The van der Waals surface area contributed by atoms with E-state index in [1.54, 1.807) is 29.2 Å². The van der Waals surface area contributed by atoms with Crippen molar-refractivity contribution in [2.24, 2.45) is 7.05 Å². The van der Waals surface area contributed by atoms with Gasteiger partial charge in [0.15, 0.2) is 5.69 Å². The number of anilines is 2. The topological polar surface area (TPSA) is 109 Å². The van der Waals surface area contributed by atoms with Crippen molar-refractivity contribution in [3.8, 4) is 11.5 Å². The highest BCUT2D eigenvalue weighted by Gasteiger charge is 2.38. The molecule has 4 rings (SSSR count). The Labute approximate surface area is 274 Å². The lowest BCUT2D eigenvalue weighted by Crippen LogP contribution is -2.49. The van der Waals surface area contributed by atoms with Crippen LogP contribution in [-0.2, 0) is 29.8 Å². The van der Waals surface area contributed by atoms with Gasteiger partial charge in [-0.2, -0.15) is 18.3 Å². The van der Waals surface area contributed by atoms with E-state index in [4.69, 9.17) is 4.74 Å². The summed E-state index contributed by atoms with van der Waals surface area (Å²) in [4.78, 5) is 17.1. The summed E-state index contributed by atoms with van der Waals surface area (Å²) in [6, 6.07) is 13.7. The molecule has 1 aliphatic rings. The normalized spacial score (nSPS) is 14.2. The van der Waals surface area contributed by atoms with Gasteiger partial charge >= 0.3 is 12.2 Å². The number of halogens is 5. The first-order valence-corrected chi connectivity index (χ1v) is 16.0. The Bertz CT molecular complexity index is 1480. The van der Waals surface area contributed by atoms with Gasteiger partial charge in [-0.1, -0.05) is 25.5 Å². The molecule has 1 aliphatic heterocycles.